The van der Waals surface area contributed by atoms with E-state index in [9.17, 15) is 15.0 Å². The van der Waals surface area contributed by atoms with E-state index in [4.69, 9.17) is 0 Å². The fourth-order valence-electron chi connectivity index (χ4n) is 5.14. The van der Waals surface area contributed by atoms with Gasteiger partial charge in [-0.15, -0.1) is 0 Å². The fraction of sp³-hybridized carbons (Fsp3) is 0.593. The molecule has 0 heterocycles. The molecule has 1 fully saturated rings. The Labute approximate surface area is 193 Å². The average molecular weight is 441 g/mol. The summed E-state index contributed by atoms with van der Waals surface area (Å²) in [5.41, 5.74) is 3.73. The maximum Gasteiger partial charge on any atom is 0.222 e. The average Bonchev–Trinajstić information content (AvgIpc) is 3.26. The van der Waals surface area contributed by atoms with E-state index in [1.54, 1.807) is 19.0 Å². The zero-order valence-corrected chi connectivity index (χ0v) is 20.1. The lowest BCUT2D eigenvalue weighted by Gasteiger charge is -2.19. The summed E-state index contributed by atoms with van der Waals surface area (Å²) < 4.78 is 0. The van der Waals surface area contributed by atoms with Crippen molar-refractivity contribution in [2.75, 3.05) is 33.1 Å². The van der Waals surface area contributed by atoms with Crippen LogP contribution in [0, 0.1) is 17.8 Å². The van der Waals surface area contributed by atoms with E-state index in [1.807, 2.05) is 20.2 Å². The topological polar surface area (TPSA) is 64.0 Å². The zero-order chi connectivity index (χ0) is 23.3. The van der Waals surface area contributed by atoms with Crippen LogP contribution in [0.4, 0.5) is 5.69 Å². The largest absolute Gasteiger partial charge is 0.392 e. The second-order valence-electron chi connectivity index (χ2n) is 9.95. The van der Waals surface area contributed by atoms with Crippen LogP contribution in [0.5, 0.6) is 0 Å². The van der Waals surface area contributed by atoms with Crippen molar-refractivity contribution in [2.24, 2.45) is 17.8 Å². The number of carbonyl (C=O) groups is 1. The quantitative estimate of drug-likeness (QED) is 0.429. The Balaban J connectivity index is 1.47. The molecule has 32 heavy (non-hydrogen) atoms. The van der Waals surface area contributed by atoms with Crippen LogP contribution in [0.2, 0.25) is 0 Å². The number of aliphatic hydroxyl groups excluding tert-OH is 2. The molecule has 5 nitrogen and oxygen atoms in total. The summed E-state index contributed by atoms with van der Waals surface area (Å²) in [7, 11) is 7.64. The van der Waals surface area contributed by atoms with E-state index in [0.717, 1.165) is 43.4 Å². The van der Waals surface area contributed by atoms with E-state index in [0.29, 0.717) is 24.7 Å². The number of allylic oxidation sites excluding steroid dienone is 2. The van der Waals surface area contributed by atoms with E-state index in [1.165, 1.54) is 5.57 Å². The van der Waals surface area contributed by atoms with Crippen LogP contribution in [0.1, 0.15) is 44.1 Å². The Hall–Kier alpha value is -2.11. The van der Waals surface area contributed by atoms with Crippen molar-refractivity contribution in [1.29, 1.82) is 0 Å². The third kappa shape index (κ3) is 6.46. The molecule has 176 valence electrons. The molecule has 1 amide bonds. The van der Waals surface area contributed by atoms with Crippen molar-refractivity contribution in [2.45, 2.75) is 57.2 Å². The molecule has 0 unspecified atom stereocenters. The van der Waals surface area contributed by atoms with Gasteiger partial charge < -0.3 is 20.0 Å². The van der Waals surface area contributed by atoms with Gasteiger partial charge in [0.2, 0.25) is 5.91 Å². The Morgan fingerprint density at radius 3 is 2.53 bits per heavy atom. The highest BCUT2D eigenvalue weighted by Crippen LogP contribution is 2.48. The van der Waals surface area contributed by atoms with Gasteiger partial charge >= 0.3 is 0 Å². The maximum absolute atomic E-state index is 11.7. The Morgan fingerprint density at radius 2 is 1.88 bits per heavy atom. The molecule has 2 N–H and O–H groups in total. The molecule has 1 aromatic carbocycles. The number of fused-ring (bicyclic) bond motifs is 1. The molecule has 2 aliphatic rings. The summed E-state index contributed by atoms with van der Waals surface area (Å²) in [5.74, 6) is 1.18. The SMILES string of the molecule is CN(C)C(=O)CCCCC1=C[C@H]2C[C@@H](O)[C@H](C=C[C@H](O)Cc3ccc(N(C)C)cc3)[C@H]2C1. The molecule has 1 saturated carbocycles. The van der Waals surface area contributed by atoms with Crippen molar-refractivity contribution in [3.05, 3.63) is 53.6 Å². The van der Waals surface area contributed by atoms with Crippen molar-refractivity contribution in [3.8, 4) is 0 Å². The van der Waals surface area contributed by atoms with Crippen LogP contribution in [-0.2, 0) is 11.2 Å². The van der Waals surface area contributed by atoms with Gasteiger partial charge in [-0.3, -0.25) is 4.79 Å². The normalized spacial score (nSPS) is 25.6. The number of anilines is 1. The number of nitrogens with zero attached hydrogens (tertiary/aromatic N) is 2. The van der Waals surface area contributed by atoms with Crippen LogP contribution in [0.25, 0.3) is 0 Å². The van der Waals surface area contributed by atoms with E-state index in [2.05, 4.69) is 41.3 Å². The molecule has 5 heteroatoms. The van der Waals surface area contributed by atoms with Crippen LogP contribution >= 0.6 is 0 Å². The first-order valence-electron chi connectivity index (χ1n) is 11.9. The summed E-state index contributed by atoms with van der Waals surface area (Å²) in [4.78, 5) is 15.4. The summed E-state index contributed by atoms with van der Waals surface area (Å²) in [6.45, 7) is 0. The molecule has 0 bridgehead atoms. The van der Waals surface area contributed by atoms with Crippen molar-refractivity contribution in [3.63, 3.8) is 0 Å². The monoisotopic (exact) mass is 440 g/mol. The van der Waals surface area contributed by atoms with Gasteiger partial charge in [0.1, 0.15) is 0 Å². The van der Waals surface area contributed by atoms with Crippen LogP contribution in [-0.4, -0.2) is 61.4 Å². The van der Waals surface area contributed by atoms with Gasteiger partial charge in [0.05, 0.1) is 12.2 Å². The third-order valence-electron chi connectivity index (χ3n) is 7.04. The highest BCUT2D eigenvalue weighted by Gasteiger charge is 2.43. The first-order chi connectivity index (χ1) is 15.2. The fourth-order valence-corrected chi connectivity index (χ4v) is 5.14. The number of aliphatic hydroxyl groups is 2. The van der Waals surface area contributed by atoms with Crippen molar-refractivity contribution < 1.29 is 15.0 Å². The van der Waals surface area contributed by atoms with Crippen LogP contribution in [0.3, 0.4) is 0 Å². The summed E-state index contributed by atoms with van der Waals surface area (Å²) in [6.07, 6.45) is 11.5. The number of hydrogen-bond donors (Lipinski definition) is 2. The molecule has 0 aromatic heterocycles. The zero-order valence-electron chi connectivity index (χ0n) is 20.1. The molecule has 5 atom stereocenters. The van der Waals surface area contributed by atoms with Gasteiger partial charge in [-0.25, -0.2) is 0 Å². The lowest BCUT2D eigenvalue weighted by atomic mass is 9.88. The lowest BCUT2D eigenvalue weighted by Crippen LogP contribution is -2.21. The van der Waals surface area contributed by atoms with Gasteiger partial charge in [0.15, 0.2) is 0 Å². The number of unbranched alkanes of at least 4 members (excludes halogenated alkanes) is 1. The predicted molar refractivity (Wildman–Crippen MR) is 131 cm³/mol. The molecule has 1 aromatic rings. The standard InChI is InChI=1S/C27H40N2O3/c1-28(2)22-11-9-19(10-12-22)16-23(30)13-14-24-25-17-20(15-21(25)18-26(24)31)7-5-6-8-27(32)29(3)4/h9-15,21,23-26,30-31H,5-8,16-18H2,1-4H3/t21-,23-,24+,25-,26+/m0/s1. The van der Waals surface area contributed by atoms with Crippen molar-refractivity contribution >= 4 is 11.6 Å². The Morgan fingerprint density at radius 1 is 1.16 bits per heavy atom. The summed E-state index contributed by atoms with van der Waals surface area (Å²) in [6, 6.07) is 8.26. The molecule has 0 saturated heterocycles. The van der Waals surface area contributed by atoms with E-state index >= 15 is 0 Å². The van der Waals surface area contributed by atoms with Gasteiger partial charge in [-0.05, 0) is 61.6 Å². The molecule has 2 aliphatic carbocycles. The number of benzene rings is 1. The molecule has 3 rings (SSSR count). The Bertz CT molecular complexity index is 813. The molecular weight excluding hydrogens is 400 g/mol. The predicted octanol–water partition coefficient (Wildman–Crippen LogP) is 3.80. The van der Waals surface area contributed by atoms with Gasteiger partial charge in [0, 0.05) is 52.6 Å². The second-order valence-corrected chi connectivity index (χ2v) is 9.95. The number of rotatable bonds is 10. The smallest absolute Gasteiger partial charge is 0.222 e. The van der Waals surface area contributed by atoms with Gasteiger partial charge in [-0.1, -0.05) is 35.9 Å². The first kappa shape index (κ1) is 24.5. The van der Waals surface area contributed by atoms with Crippen molar-refractivity contribution in [1.82, 2.24) is 4.90 Å². The number of amides is 1. The Kier molecular flexibility index (Phi) is 8.55. The van der Waals surface area contributed by atoms with Gasteiger partial charge in [-0.2, -0.15) is 0 Å². The molecule has 0 spiro atoms. The van der Waals surface area contributed by atoms with Gasteiger partial charge in [0.25, 0.3) is 0 Å². The first-order valence-corrected chi connectivity index (χ1v) is 11.9. The summed E-state index contributed by atoms with van der Waals surface area (Å²) in [5, 5.41) is 21.1. The molecular formula is C27H40N2O3. The minimum Gasteiger partial charge on any atom is -0.392 e. The lowest BCUT2D eigenvalue weighted by molar-refractivity contribution is -0.128. The maximum atomic E-state index is 11.7. The number of hydrogen-bond acceptors (Lipinski definition) is 4. The third-order valence-corrected chi connectivity index (χ3v) is 7.04. The highest BCUT2D eigenvalue weighted by atomic mass is 16.3. The molecule has 0 radical (unpaired) electrons. The highest BCUT2D eigenvalue weighted by molar-refractivity contribution is 5.75. The van der Waals surface area contributed by atoms with Crippen LogP contribution < -0.4 is 4.90 Å². The summed E-state index contributed by atoms with van der Waals surface area (Å²) >= 11 is 0. The van der Waals surface area contributed by atoms with E-state index in [-0.39, 0.29) is 17.9 Å². The molecule has 0 aliphatic heterocycles. The second kappa shape index (κ2) is 11.2. The van der Waals surface area contributed by atoms with Crippen LogP contribution in [0.15, 0.2) is 48.1 Å². The number of carbonyl (C=O) groups excluding carboxylic acids is 1. The minimum absolute atomic E-state index is 0.106. The van der Waals surface area contributed by atoms with E-state index < -0.39 is 6.10 Å². The minimum atomic E-state index is -0.547.